The summed E-state index contributed by atoms with van der Waals surface area (Å²) in [5, 5.41) is 0. The molecule has 6 nitrogen and oxygen atoms in total. The highest BCUT2D eigenvalue weighted by molar-refractivity contribution is 7.90. The molecule has 3 N–H and O–H groups in total. The Balaban J connectivity index is 2.84. The summed E-state index contributed by atoms with van der Waals surface area (Å²) in [6, 6.07) is 0. The maximum Gasteiger partial charge on any atom is 0.322 e. The zero-order valence-corrected chi connectivity index (χ0v) is 11.9. The van der Waals surface area contributed by atoms with Crippen molar-refractivity contribution in [3.63, 3.8) is 0 Å². The van der Waals surface area contributed by atoms with Crippen molar-refractivity contribution in [2.45, 2.75) is 37.6 Å². The summed E-state index contributed by atoms with van der Waals surface area (Å²) in [5.74, 6) is -1.52. The summed E-state index contributed by atoms with van der Waals surface area (Å²) >= 11 is 4.97. The number of esters is 1. The van der Waals surface area contributed by atoms with Crippen molar-refractivity contribution < 1.29 is 17.9 Å². The number of hydrogen-bond acceptors (Lipinski definition) is 5. The fourth-order valence-electron chi connectivity index (χ4n) is 2.10. The predicted octanol–water partition coefficient (Wildman–Crippen LogP) is 0.0678. The van der Waals surface area contributed by atoms with Crippen LogP contribution in [0.1, 0.15) is 32.1 Å². The third-order valence-electron chi connectivity index (χ3n) is 3.07. The van der Waals surface area contributed by atoms with Gasteiger partial charge in [-0.15, -0.1) is 0 Å². The molecule has 0 heterocycles. The van der Waals surface area contributed by atoms with Crippen LogP contribution in [0.4, 0.5) is 0 Å². The van der Waals surface area contributed by atoms with Gasteiger partial charge in [0.1, 0.15) is 0 Å². The fourth-order valence-corrected chi connectivity index (χ4v) is 3.83. The SMILES string of the molecule is COC(=O)CS(=O)(=O)NC1(C(N)=S)CCCCC1. The lowest BCUT2D eigenvalue weighted by molar-refractivity contribution is -0.137. The van der Waals surface area contributed by atoms with E-state index in [-0.39, 0.29) is 4.99 Å². The van der Waals surface area contributed by atoms with Crippen LogP contribution in [0.2, 0.25) is 0 Å². The minimum atomic E-state index is -3.79. The Morgan fingerprint density at radius 2 is 1.94 bits per heavy atom. The second-order valence-corrected chi connectivity index (χ2v) is 6.61. The molecule has 1 rings (SSSR count). The Labute approximate surface area is 112 Å². The van der Waals surface area contributed by atoms with Gasteiger partial charge in [0, 0.05) is 0 Å². The van der Waals surface area contributed by atoms with Crippen LogP contribution < -0.4 is 10.5 Å². The number of carbonyl (C=O) groups is 1. The number of thiocarbonyl (C=S) groups is 1. The van der Waals surface area contributed by atoms with E-state index in [2.05, 4.69) is 9.46 Å². The first-order chi connectivity index (χ1) is 8.31. The van der Waals surface area contributed by atoms with Crippen LogP contribution in [-0.2, 0) is 19.6 Å². The van der Waals surface area contributed by atoms with E-state index < -0.39 is 27.3 Å². The Morgan fingerprint density at radius 1 is 1.39 bits per heavy atom. The third kappa shape index (κ3) is 3.89. The molecule has 8 heteroatoms. The van der Waals surface area contributed by atoms with Gasteiger partial charge in [0.05, 0.1) is 17.6 Å². The van der Waals surface area contributed by atoms with E-state index in [1.807, 2.05) is 0 Å². The van der Waals surface area contributed by atoms with Crippen molar-refractivity contribution >= 4 is 33.2 Å². The van der Waals surface area contributed by atoms with Gasteiger partial charge < -0.3 is 10.5 Å². The molecule has 0 aliphatic heterocycles. The average molecular weight is 294 g/mol. The molecule has 0 atom stereocenters. The van der Waals surface area contributed by atoms with E-state index in [1.54, 1.807) is 0 Å². The van der Waals surface area contributed by atoms with Gasteiger partial charge in [-0.3, -0.25) is 4.79 Å². The van der Waals surface area contributed by atoms with Crippen LogP contribution in [0.5, 0.6) is 0 Å². The van der Waals surface area contributed by atoms with Gasteiger partial charge in [-0.25, -0.2) is 13.1 Å². The Hall–Kier alpha value is -0.730. The van der Waals surface area contributed by atoms with Crippen LogP contribution in [0.3, 0.4) is 0 Å². The highest BCUT2D eigenvalue weighted by atomic mass is 32.2. The first-order valence-electron chi connectivity index (χ1n) is 5.70. The molecule has 0 aromatic rings. The molecule has 1 fully saturated rings. The number of sulfonamides is 1. The zero-order chi connectivity index (χ0) is 13.8. The number of carbonyl (C=O) groups excluding carboxylic acids is 1. The molecule has 0 unspecified atom stereocenters. The topological polar surface area (TPSA) is 98.5 Å². The van der Waals surface area contributed by atoms with Crippen LogP contribution in [0, 0.1) is 0 Å². The lowest BCUT2D eigenvalue weighted by Crippen LogP contribution is -2.58. The lowest BCUT2D eigenvalue weighted by Gasteiger charge is -2.36. The Kier molecular flexibility index (Phi) is 5.06. The molecule has 104 valence electrons. The quantitative estimate of drug-likeness (QED) is 0.550. The van der Waals surface area contributed by atoms with Crippen molar-refractivity contribution in [2.75, 3.05) is 12.9 Å². The zero-order valence-electron chi connectivity index (χ0n) is 10.3. The maximum absolute atomic E-state index is 11.9. The summed E-state index contributed by atoms with van der Waals surface area (Å²) in [7, 11) is -2.65. The molecule has 0 aromatic carbocycles. The number of rotatable bonds is 5. The van der Waals surface area contributed by atoms with Gasteiger partial charge in [-0.2, -0.15) is 0 Å². The van der Waals surface area contributed by atoms with E-state index in [4.69, 9.17) is 18.0 Å². The summed E-state index contributed by atoms with van der Waals surface area (Å²) in [6.45, 7) is 0. The number of methoxy groups -OCH3 is 1. The van der Waals surface area contributed by atoms with Gasteiger partial charge in [0.15, 0.2) is 5.75 Å². The second-order valence-electron chi connectivity index (χ2n) is 4.44. The van der Waals surface area contributed by atoms with E-state index >= 15 is 0 Å². The van der Waals surface area contributed by atoms with Crippen molar-refractivity contribution in [3.8, 4) is 0 Å². The smallest absolute Gasteiger partial charge is 0.322 e. The van der Waals surface area contributed by atoms with E-state index in [0.29, 0.717) is 12.8 Å². The van der Waals surface area contributed by atoms with Crippen LogP contribution >= 0.6 is 12.2 Å². The first kappa shape index (κ1) is 15.3. The average Bonchev–Trinajstić information content (AvgIpc) is 2.28. The largest absolute Gasteiger partial charge is 0.468 e. The lowest BCUT2D eigenvalue weighted by atomic mass is 9.82. The normalized spacial score (nSPS) is 19.2. The molecule has 1 saturated carbocycles. The standard InChI is InChI=1S/C10H18N2O4S2/c1-16-8(13)7-18(14,15)12-10(9(11)17)5-3-2-4-6-10/h12H,2-7H2,1H3,(H2,11,17). The van der Waals surface area contributed by atoms with Crippen molar-refractivity contribution in [3.05, 3.63) is 0 Å². The monoisotopic (exact) mass is 294 g/mol. The molecule has 0 saturated heterocycles. The molecule has 0 aromatic heterocycles. The van der Waals surface area contributed by atoms with Crippen LogP contribution in [0.15, 0.2) is 0 Å². The maximum atomic E-state index is 11.9. The summed E-state index contributed by atoms with van der Waals surface area (Å²) in [5.41, 5.74) is 4.77. The molecule has 18 heavy (non-hydrogen) atoms. The molecule has 0 spiro atoms. The first-order valence-corrected chi connectivity index (χ1v) is 7.76. The fraction of sp³-hybridized carbons (Fsp3) is 0.800. The van der Waals surface area contributed by atoms with Crippen LogP contribution in [0.25, 0.3) is 0 Å². The molecule has 1 aliphatic rings. The Bertz CT molecular complexity index is 427. The molecule has 0 amide bonds. The molecular weight excluding hydrogens is 276 g/mol. The Morgan fingerprint density at radius 3 is 2.39 bits per heavy atom. The van der Waals surface area contributed by atoms with E-state index in [9.17, 15) is 13.2 Å². The summed E-state index contributed by atoms with van der Waals surface area (Å²) < 4.78 is 30.5. The van der Waals surface area contributed by atoms with Crippen molar-refractivity contribution in [1.82, 2.24) is 4.72 Å². The highest BCUT2D eigenvalue weighted by Gasteiger charge is 2.39. The second kappa shape index (κ2) is 5.94. The minimum absolute atomic E-state index is 0.135. The van der Waals surface area contributed by atoms with Crippen LogP contribution in [-0.4, -0.2) is 37.8 Å². The summed E-state index contributed by atoms with van der Waals surface area (Å²) in [4.78, 5) is 11.2. The van der Waals surface area contributed by atoms with Gasteiger partial charge in [-0.05, 0) is 12.8 Å². The van der Waals surface area contributed by atoms with Crippen molar-refractivity contribution in [1.29, 1.82) is 0 Å². The minimum Gasteiger partial charge on any atom is -0.468 e. The molecule has 0 bridgehead atoms. The number of nitrogens with one attached hydrogen (secondary N) is 1. The molecule has 1 aliphatic carbocycles. The van der Waals surface area contributed by atoms with Gasteiger partial charge >= 0.3 is 5.97 Å². The van der Waals surface area contributed by atoms with Gasteiger partial charge in [0.25, 0.3) is 0 Å². The van der Waals surface area contributed by atoms with Gasteiger partial charge in [-0.1, -0.05) is 31.5 Å². The number of hydrogen-bond donors (Lipinski definition) is 2. The van der Waals surface area contributed by atoms with E-state index in [1.165, 1.54) is 0 Å². The van der Waals surface area contributed by atoms with Gasteiger partial charge in [0.2, 0.25) is 10.0 Å². The highest BCUT2D eigenvalue weighted by Crippen LogP contribution is 2.29. The third-order valence-corrected chi connectivity index (χ3v) is 4.77. The van der Waals surface area contributed by atoms with E-state index in [0.717, 1.165) is 26.4 Å². The molecular formula is C10H18N2O4S2. The molecule has 0 radical (unpaired) electrons. The van der Waals surface area contributed by atoms with Crippen molar-refractivity contribution in [2.24, 2.45) is 5.73 Å². The predicted molar refractivity (Wildman–Crippen MR) is 71.5 cm³/mol. The number of nitrogens with two attached hydrogens (primary N) is 1. The summed E-state index contributed by atoms with van der Waals surface area (Å²) in [6.07, 6.45) is 3.89. The number of ether oxygens (including phenoxy) is 1.